The molecule has 0 bridgehead atoms. The maximum atomic E-state index is 13.4. The third-order valence-electron chi connectivity index (χ3n) is 8.60. The van der Waals surface area contributed by atoms with Crippen molar-refractivity contribution in [2.24, 2.45) is 28.1 Å². The number of hydrogen-bond donors (Lipinski definition) is 3. The fourth-order valence-corrected chi connectivity index (χ4v) is 6.73. The largest absolute Gasteiger partial charge is 0.481 e. The Morgan fingerprint density at radius 1 is 1.23 bits per heavy atom. The molecular weight excluding hydrogens is 394 g/mol. The molecule has 6 heteroatoms. The van der Waals surface area contributed by atoms with Crippen molar-refractivity contribution in [1.29, 1.82) is 0 Å². The van der Waals surface area contributed by atoms with Gasteiger partial charge in [0.1, 0.15) is 6.04 Å². The van der Waals surface area contributed by atoms with E-state index in [4.69, 9.17) is 5.11 Å². The number of nitrogens with one attached hydrogen (secondary N) is 1. The van der Waals surface area contributed by atoms with E-state index in [-0.39, 0.29) is 35.5 Å². The van der Waals surface area contributed by atoms with E-state index in [2.05, 4.69) is 37.9 Å². The highest BCUT2D eigenvalue weighted by Crippen LogP contribution is 2.63. The lowest BCUT2D eigenvalue weighted by Gasteiger charge is -2.58. The highest BCUT2D eigenvalue weighted by atomic mass is 16.4. The van der Waals surface area contributed by atoms with Gasteiger partial charge in [-0.3, -0.25) is 9.59 Å². The van der Waals surface area contributed by atoms with Crippen LogP contribution in [0.3, 0.4) is 0 Å². The second-order valence-electron chi connectivity index (χ2n) is 10.7. The molecule has 0 aromatic rings. The minimum atomic E-state index is -1.18. The summed E-state index contributed by atoms with van der Waals surface area (Å²) in [6.45, 7) is 10.6. The topological polar surface area (TPSA) is 104 Å². The molecular formula is C25H37NO5. The van der Waals surface area contributed by atoms with Crippen molar-refractivity contribution in [1.82, 2.24) is 5.32 Å². The van der Waals surface area contributed by atoms with Gasteiger partial charge >= 0.3 is 11.9 Å². The van der Waals surface area contributed by atoms with Gasteiger partial charge in [0.25, 0.3) is 0 Å². The van der Waals surface area contributed by atoms with E-state index in [1.165, 1.54) is 5.57 Å². The monoisotopic (exact) mass is 431 g/mol. The van der Waals surface area contributed by atoms with E-state index in [1.54, 1.807) is 0 Å². The molecule has 0 heterocycles. The highest BCUT2D eigenvalue weighted by Gasteiger charge is 2.57. The van der Waals surface area contributed by atoms with E-state index in [1.807, 2.05) is 6.92 Å². The van der Waals surface area contributed by atoms with Crippen molar-refractivity contribution in [2.75, 3.05) is 0 Å². The molecule has 0 saturated heterocycles. The lowest BCUT2D eigenvalue weighted by Crippen LogP contribution is -2.57. The van der Waals surface area contributed by atoms with Crippen LogP contribution < -0.4 is 5.32 Å². The summed E-state index contributed by atoms with van der Waals surface area (Å²) in [6.07, 6.45) is 10.9. The first kappa shape index (κ1) is 23.6. The number of carboxylic acids is 2. The fourth-order valence-electron chi connectivity index (χ4n) is 6.73. The molecule has 2 fully saturated rings. The number of carbonyl (C=O) groups is 3. The van der Waals surface area contributed by atoms with Gasteiger partial charge < -0.3 is 15.5 Å². The maximum Gasteiger partial charge on any atom is 0.326 e. The first-order chi connectivity index (χ1) is 14.4. The van der Waals surface area contributed by atoms with Crippen LogP contribution in [0.2, 0.25) is 0 Å². The van der Waals surface area contributed by atoms with Crippen LogP contribution in [-0.4, -0.2) is 34.1 Å². The van der Waals surface area contributed by atoms with Gasteiger partial charge in [-0.15, -0.1) is 6.58 Å². The molecule has 3 aliphatic carbocycles. The molecule has 6 nitrogen and oxygen atoms in total. The predicted octanol–water partition coefficient (Wildman–Crippen LogP) is 4.56. The summed E-state index contributed by atoms with van der Waals surface area (Å²) in [5, 5.41) is 21.1. The summed E-state index contributed by atoms with van der Waals surface area (Å²) >= 11 is 0. The van der Waals surface area contributed by atoms with Crippen molar-refractivity contribution in [2.45, 2.75) is 84.6 Å². The molecule has 0 aromatic heterocycles. The smallest absolute Gasteiger partial charge is 0.326 e. The number of allylic oxidation sites excluding steroid dienone is 3. The third-order valence-corrected chi connectivity index (χ3v) is 8.60. The van der Waals surface area contributed by atoms with Crippen LogP contribution in [0.4, 0.5) is 0 Å². The number of carbonyl (C=O) groups excluding carboxylic acids is 1. The summed E-state index contributed by atoms with van der Waals surface area (Å²) in [4.78, 5) is 36.0. The van der Waals surface area contributed by atoms with E-state index in [9.17, 15) is 19.5 Å². The molecule has 0 spiro atoms. The SMILES string of the molecule is C=C[C@@]1(C)CC=C2[C@@H](CC[C@@H]3[C@](C)(C(=O)N[C@@H](CCC(=O)O)C(=O)O)CCC[C@@]23C)C1. The van der Waals surface area contributed by atoms with Crippen molar-refractivity contribution in [3.63, 3.8) is 0 Å². The van der Waals surface area contributed by atoms with Gasteiger partial charge in [0.05, 0.1) is 5.41 Å². The number of fused-ring (bicyclic) bond motifs is 3. The molecule has 172 valence electrons. The van der Waals surface area contributed by atoms with Crippen LogP contribution in [0.5, 0.6) is 0 Å². The second-order valence-corrected chi connectivity index (χ2v) is 10.7. The van der Waals surface area contributed by atoms with Crippen molar-refractivity contribution < 1.29 is 24.6 Å². The minimum absolute atomic E-state index is 0.0600. The van der Waals surface area contributed by atoms with Gasteiger partial charge in [-0.25, -0.2) is 4.79 Å². The van der Waals surface area contributed by atoms with Crippen molar-refractivity contribution >= 4 is 17.8 Å². The first-order valence-corrected chi connectivity index (χ1v) is 11.5. The van der Waals surface area contributed by atoms with E-state index < -0.39 is 23.4 Å². The van der Waals surface area contributed by atoms with Crippen LogP contribution in [0, 0.1) is 28.1 Å². The second kappa shape index (κ2) is 8.44. The summed E-state index contributed by atoms with van der Waals surface area (Å²) in [7, 11) is 0. The van der Waals surface area contributed by atoms with Crippen molar-refractivity contribution in [3.8, 4) is 0 Å². The first-order valence-electron chi connectivity index (χ1n) is 11.5. The van der Waals surface area contributed by atoms with Gasteiger partial charge in [-0.05, 0) is 67.6 Å². The van der Waals surface area contributed by atoms with Gasteiger partial charge in [-0.1, -0.05) is 44.9 Å². The van der Waals surface area contributed by atoms with Gasteiger partial charge in [0, 0.05) is 6.42 Å². The summed E-state index contributed by atoms with van der Waals surface area (Å²) < 4.78 is 0. The number of amides is 1. The Morgan fingerprint density at radius 3 is 2.55 bits per heavy atom. The molecule has 6 atom stereocenters. The zero-order valence-electron chi connectivity index (χ0n) is 19.1. The fraction of sp³-hybridized carbons (Fsp3) is 0.720. The molecule has 3 aliphatic rings. The molecule has 0 radical (unpaired) electrons. The van der Waals surface area contributed by atoms with Gasteiger partial charge in [0.15, 0.2) is 0 Å². The standard InChI is InChI=1S/C25H37NO5/c1-5-23(2)14-11-17-16(15-23)7-9-19-24(17,3)12-6-13-25(19,4)22(31)26-18(21(29)30)8-10-20(27)28/h5,11,16,18-19H,1,6-10,12-15H2,2-4H3,(H,26,31)(H,27,28)(H,29,30)/t16-,18-,19-,23-,24-,25+/m0/s1. The molecule has 2 saturated carbocycles. The van der Waals surface area contributed by atoms with E-state index in [0.717, 1.165) is 44.9 Å². The van der Waals surface area contributed by atoms with E-state index >= 15 is 0 Å². The quantitative estimate of drug-likeness (QED) is 0.513. The Balaban J connectivity index is 1.84. The number of carboxylic acid groups (broad SMARTS) is 2. The zero-order valence-corrected chi connectivity index (χ0v) is 19.1. The number of rotatable bonds is 7. The lowest BCUT2D eigenvalue weighted by atomic mass is 9.46. The van der Waals surface area contributed by atoms with Crippen LogP contribution in [0.25, 0.3) is 0 Å². The lowest BCUT2D eigenvalue weighted by molar-refractivity contribution is -0.149. The Hall–Kier alpha value is -2.11. The molecule has 0 aliphatic heterocycles. The molecule has 3 N–H and O–H groups in total. The molecule has 0 aromatic carbocycles. The molecule has 31 heavy (non-hydrogen) atoms. The Kier molecular flexibility index (Phi) is 6.41. The van der Waals surface area contributed by atoms with Crippen LogP contribution in [0.1, 0.15) is 78.6 Å². The van der Waals surface area contributed by atoms with Crippen molar-refractivity contribution in [3.05, 3.63) is 24.3 Å². The predicted molar refractivity (Wildman–Crippen MR) is 118 cm³/mol. The van der Waals surface area contributed by atoms with Gasteiger partial charge in [0.2, 0.25) is 5.91 Å². The molecule has 3 rings (SSSR count). The number of aliphatic carboxylic acids is 2. The maximum absolute atomic E-state index is 13.4. The molecule has 0 unspecified atom stereocenters. The third kappa shape index (κ3) is 4.31. The summed E-state index contributed by atoms with van der Waals surface area (Å²) in [5.41, 5.74) is 0.901. The van der Waals surface area contributed by atoms with Crippen LogP contribution in [0.15, 0.2) is 24.3 Å². The summed E-state index contributed by atoms with van der Waals surface area (Å²) in [5.74, 6) is -1.82. The minimum Gasteiger partial charge on any atom is -0.481 e. The van der Waals surface area contributed by atoms with Gasteiger partial charge in [-0.2, -0.15) is 0 Å². The van der Waals surface area contributed by atoms with Crippen LogP contribution in [-0.2, 0) is 14.4 Å². The molecule has 1 amide bonds. The van der Waals surface area contributed by atoms with Crippen LogP contribution >= 0.6 is 0 Å². The summed E-state index contributed by atoms with van der Waals surface area (Å²) in [6, 6.07) is -1.17. The highest BCUT2D eigenvalue weighted by molar-refractivity contribution is 5.88. The normalized spacial score (nSPS) is 38.1. The Labute approximate surface area is 185 Å². The average Bonchev–Trinajstić information content (AvgIpc) is 2.70. The number of hydrogen-bond acceptors (Lipinski definition) is 3. The Bertz CT molecular complexity index is 804. The van der Waals surface area contributed by atoms with E-state index in [0.29, 0.717) is 5.92 Å². The Morgan fingerprint density at radius 2 is 1.94 bits per heavy atom. The average molecular weight is 432 g/mol. The zero-order chi connectivity index (χ0) is 23.0.